The van der Waals surface area contributed by atoms with Crippen LogP contribution in [0.5, 0.6) is 0 Å². The largest absolute Gasteiger partial charge is 0.394 e. The second-order valence-corrected chi connectivity index (χ2v) is 7.95. The fraction of sp³-hybridized carbons (Fsp3) is 0.700. The van der Waals surface area contributed by atoms with Gasteiger partial charge in [0.05, 0.1) is 24.0 Å². The predicted molar refractivity (Wildman–Crippen MR) is 103 cm³/mol. The van der Waals surface area contributed by atoms with Crippen molar-refractivity contribution < 1.29 is 9.90 Å². The number of carbonyl (C=O) groups excluding carboxylic acids is 1. The number of unbranched alkanes of at least 4 members (excludes halogenated alkanes) is 1. The molecule has 1 amide bonds. The molecule has 0 atom stereocenters. The number of aromatic nitrogens is 1. The van der Waals surface area contributed by atoms with E-state index in [1.807, 2.05) is 26.0 Å². The highest BCUT2D eigenvalue weighted by Gasteiger charge is 2.26. The minimum atomic E-state index is -0.422. The lowest BCUT2D eigenvalue weighted by Crippen LogP contribution is -2.35. The summed E-state index contributed by atoms with van der Waals surface area (Å²) in [7, 11) is 0. The number of hydrogen-bond acceptors (Lipinski definition) is 4. The van der Waals surface area contributed by atoms with E-state index in [1.165, 1.54) is 32.1 Å². The minimum Gasteiger partial charge on any atom is -0.394 e. The highest BCUT2D eigenvalue weighted by Crippen LogP contribution is 2.32. The molecule has 25 heavy (non-hydrogen) atoms. The second-order valence-electron chi connectivity index (χ2n) is 7.95. The van der Waals surface area contributed by atoms with E-state index in [9.17, 15) is 9.90 Å². The van der Waals surface area contributed by atoms with E-state index in [2.05, 4.69) is 22.5 Å². The summed E-state index contributed by atoms with van der Waals surface area (Å²) < 4.78 is 0. The molecule has 1 aliphatic rings. The maximum atomic E-state index is 12.5. The van der Waals surface area contributed by atoms with Gasteiger partial charge >= 0.3 is 0 Å². The average molecular weight is 348 g/mol. The fourth-order valence-electron chi connectivity index (χ4n) is 3.38. The van der Waals surface area contributed by atoms with Crippen molar-refractivity contribution in [2.75, 3.05) is 17.2 Å². The molecule has 3 N–H and O–H groups in total. The van der Waals surface area contributed by atoms with Crippen LogP contribution in [0.1, 0.15) is 65.7 Å². The summed E-state index contributed by atoms with van der Waals surface area (Å²) in [5, 5.41) is 15.4. The number of aliphatic hydroxyl groups is 1. The summed E-state index contributed by atoms with van der Waals surface area (Å²) >= 11 is 0. The van der Waals surface area contributed by atoms with Gasteiger partial charge in [-0.25, -0.2) is 4.98 Å². The molecule has 1 aromatic heterocycles. The van der Waals surface area contributed by atoms with Crippen molar-refractivity contribution >= 4 is 17.4 Å². The molecule has 1 heterocycles. The number of nitrogens with one attached hydrogen (secondary N) is 2. The monoisotopic (exact) mass is 347 g/mol. The first-order valence-corrected chi connectivity index (χ1v) is 9.59. The molecule has 0 spiro atoms. The van der Waals surface area contributed by atoms with Gasteiger partial charge in [0.25, 0.3) is 0 Å². The average Bonchev–Trinajstić information content (AvgIpc) is 2.62. The molecular weight excluding hydrogens is 314 g/mol. The van der Waals surface area contributed by atoms with Gasteiger partial charge in [-0.1, -0.05) is 26.2 Å². The van der Waals surface area contributed by atoms with Crippen molar-refractivity contribution in [2.24, 2.45) is 11.8 Å². The second kappa shape index (κ2) is 9.18. The van der Waals surface area contributed by atoms with Crippen molar-refractivity contribution in [2.45, 2.75) is 71.3 Å². The van der Waals surface area contributed by atoms with Crippen LogP contribution in [0.4, 0.5) is 11.5 Å². The number of aliphatic hydroxyl groups excluding tert-OH is 1. The van der Waals surface area contributed by atoms with Crippen LogP contribution < -0.4 is 10.6 Å². The van der Waals surface area contributed by atoms with E-state index >= 15 is 0 Å². The topological polar surface area (TPSA) is 74.2 Å². The molecule has 2 rings (SSSR count). The number of anilines is 2. The third-order valence-electron chi connectivity index (χ3n) is 5.08. The highest BCUT2D eigenvalue weighted by atomic mass is 16.3. The fourth-order valence-corrected chi connectivity index (χ4v) is 3.38. The van der Waals surface area contributed by atoms with Crippen LogP contribution >= 0.6 is 0 Å². The van der Waals surface area contributed by atoms with Crippen molar-refractivity contribution in [1.82, 2.24) is 4.98 Å². The Labute approximate surface area is 151 Å². The zero-order chi connectivity index (χ0) is 18.3. The van der Waals surface area contributed by atoms with E-state index in [4.69, 9.17) is 0 Å². The van der Waals surface area contributed by atoms with E-state index in [1.54, 1.807) is 6.20 Å². The Morgan fingerprint density at radius 1 is 1.28 bits per heavy atom. The Kier molecular flexibility index (Phi) is 7.24. The standard InChI is InChI=1S/C20H33N3O2/c1-4-5-6-15-7-9-16(10-8-15)19(25)22-17-11-12-18(21-13-17)23-20(2,3)14-24/h11-13,15-16,24H,4-10,14H2,1-3H3,(H,21,23)(H,22,25). The van der Waals surface area contributed by atoms with Crippen LogP contribution in [-0.2, 0) is 4.79 Å². The lowest BCUT2D eigenvalue weighted by molar-refractivity contribution is -0.121. The highest BCUT2D eigenvalue weighted by molar-refractivity contribution is 5.92. The van der Waals surface area contributed by atoms with E-state index in [-0.39, 0.29) is 18.4 Å². The number of nitrogens with zero attached hydrogens (tertiary/aromatic N) is 1. The Hall–Kier alpha value is -1.62. The summed E-state index contributed by atoms with van der Waals surface area (Å²) in [5.74, 6) is 1.75. The summed E-state index contributed by atoms with van der Waals surface area (Å²) in [5.41, 5.74) is 0.305. The normalized spacial score (nSPS) is 21.0. The van der Waals surface area contributed by atoms with Crippen LogP contribution in [0.2, 0.25) is 0 Å². The Bertz CT molecular complexity index is 534. The molecule has 1 fully saturated rings. The summed E-state index contributed by atoms with van der Waals surface area (Å²) in [6, 6.07) is 3.68. The molecule has 1 aliphatic carbocycles. The van der Waals surface area contributed by atoms with Crippen molar-refractivity contribution in [3.05, 3.63) is 18.3 Å². The molecule has 1 aromatic rings. The summed E-state index contributed by atoms with van der Waals surface area (Å²) in [6.07, 6.45) is 9.89. The molecular formula is C20H33N3O2. The Balaban J connectivity index is 1.81. The van der Waals surface area contributed by atoms with Crippen LogP contribution in [0.25, 0.3) is 0 Å². The quantitative estimate of drug-likeness (QED) is 0.659. The molecule has 0 unspecified atom stereocenters. The summed E-state index contributed by atoms with van der Waals surface area (Å²) in [4.78, 5) is 16.8. The van der Waals surface area contributed by atoms with Gasteiger partial charge in [-0.15, -0.1) is 0 Å². The lowest BCUT2D eigenvalue weighted by atomic mass is 9.79. The maximum absolute atomic E-state index is 12.5. The van der Waals surface area contributed by atoms with Crippen LogP contribution in [0, 0.1) is 11.8 Å². The number of amides is 1. The van der Waals surface area contributed by atoms with Crippen LogP contribution in [0.3, 0.4) is 0 Å². The smallest absolute Gasteiger partial charge is 0.227 e. The number of carbonyl (C=O) groups is 1. The van der Waals surface area contributed by atoms with Gasteiger partial charge in [0.1, 0.15) is 5.82 Å². The van der Waals surface area contributed by atoms with Gasteiger partial charge in [-0.2, -0.15) is 0 Å². The molecule has 0 saturated heterocycles. The first kappa shape index (κ1) is 19.7. The number of rotatable bonds is 8. The first-order chi connectivity index (χ1) is 11.9. The van der Waals surface area contributed by atoms with E-state index < -0.39 is 5.54 Å². The third kappa shape index (κ3) is 6.31. The lowest BCUT2D eigenvalue weighted by Gasteiger charge is -2.27. The van der Waals surface area contributed by atoms with Gasteiger partial charge in [0, 0.05) is 5.92 Å². The first-order valence-electron chi connectivity index (χ1n) is 9.59. The zero-order valence-electron chi connectivity index (χ0n) is 15.8. The van der Waals surface area contributed by atoms with Crippen molar-refractivity contribution in [3.63, 3.8) is 0 Å². The molecule has 0 radical (unpaired) electrons. The van der Waals surface area contributed by atoms with E-state index in [0.717, 1.165) is 24.4 Å². The zero-order valence-corrected chi connectivity index (χ0v) is 15.8. The number of pyridine rings is 1. The number of hydrogen-bond donors (Lipinski definition) is 3. The van der Waals surface area contributed by atoms with Crippen LogP contribution in [0.15, 0.2) is 18.3 Å². The molecule has 0 aliphatic heterocycles. The maximum Gasteiger partial charge on any atom is 0.227 e. The molecule has 0 bridgehead atoms. The Morgan fingerprint density at radius 3 is 2.56 bits per heavy atom. The molecule has 140 valence electrons. The van der Waals surface area contributed by atoms with Gasteiger partial charge in [-0.3, -0.25) is 4.79 Å². The third-order valence-corrected chi connectivity index (χ3v) is 5.08. The van der Waals surface area contributed by atoms with Gasteiger partial charge in [0.2, 0.25) is 5.91 Å². The molecule has 0 aromatic carbocycles. The predicted octanol–water partition coefficient (Wildman–Crippen LogP) is 4.20. The van der Waals surface area contributed by atoms with E-state index in [0.29, 0.717) is 5.82 Å². The van der Waals surface area contributed by atoms with Gasteiger partial charge in [0.15, 0.2) is 0 Å². The molecule has 1 saturated carbocycles. The SMILES string of the molecule is CCCCC1CCC(C(=O)Nc2ccc(NC(C)(C)CO)nc2)CC1. The van der Waals surface area contributed by atoms with Gasteiger partial charge < -0.3 is 15.7 Å². The molecule has 5 nitrogen and oxygen atoms in total. The molecule has 5 heteroatoms. The van der Waals surface area contributed by atoms with Crippen LogP contribution in [-0.4, -0.2) is 28.1 Å². The minimum absolute atomic E-state index is 0.0219. The van der Waals surface area contributed by atoms with Crippen molar-refractivity contribution in [3.8, 4) is 0 Å². The summed E-state index contributed by atoms with van der Waals surface area (Å²) in [6.45, 7) is 6.06. The van der Waals surface area contributed by atoms with Crippen molar-refractivity contribution in [1.29, 1.82) is 0 Å². The van der Waals surface area contributed by atoms with Gasteiger partial charge in [-0.05, 0) is 57.6 Å². The Morgan fingerprint density at radius 2 is 2.00 bits per heavy atom.